The first-order valence-electron chi connectivity index (χ1n) is 7.47. The van der Waals surface area contributed by atoms with E-state index in [1.165, 1.54) is 0 Å². The van der Waals surface area contributed by atoms with Crippen LogP contribution in [-0.4, -0.2) is 25.2 Å². The number of hydrogen-bond donors (Lipinski definition) is 1. The van der Waals surface area contributed by atoms with E-state index in [1.807, 2.05) is 18.2 Å². The molecule has 1 aliphatic rings. The van der Waals surface area contributed by atoms with Crippen molar-refractivity contribution in [2.24, 2.45) is 0 Å². The topological polar surface area (TPSA) is 60.7 Å². The summed E-state index contributed by atoms with van der Waals surface area (Å²) in [5, 5.41) is 2.83. The predicted molar refractivity (Wildman–Crippen MR) is 80.8 cm³/mol. The summed E-state index contributed by atoms with van der Waals surface area (Å²) in [5.41, 5.74) is 0.520. The van der Waals surface area contributed by atoms with Gasteiger partial charge in [-0.3, -0.25) is 4.79 Å². The molecule has 5 nitrogen and oxygen atoms in total. The summed E-state index contributed by atoms with van der Waals surface area (Å²) in [6, 6.07) is 10.8. The van der Waals surface area contributed by atoms with Gasteiger partial charge in [-0.05, 0) is 37.1 Å². The van der Waals surface area contributed by atoms with Crippen LogP contribution in [0.4, 0.5) is 0 Å². The van der Waals surface area contributed by atoms with Crippen LogP contribution in [0.15, 0.2) is 47.1 Å². The van der Waals surface area contributed by atoms with Crippen molar-refractivity contribution in [3.05, 3.63) is 54.0 Å². The SMILES string of the molecule is O=C(NCc1ccco1)c1ccccc1OC[C@H]1CCCO1. The molecule has 1 N–H and O–H groups in total. The molecule has 22 heavy (non-hydrogen) atoms. The molecule has 0 unspecified atom stereocenters. The smallest absolute Gasteiger partial charge is 0.255 e. The van der Waals surface area contributed by atoms with E-state index >= 15 is 0 Å². The molecule has 2 heterocycles. The quantitative estimate of drug-likeness (QED) is 0.891. The molecule has 0 saturated carbocycles. The van der Waals surface area contributed by atoms with Gasteiger partial charge in [0.2, 0.25) is 0 Å². The second-order valence-electron chi connectivity index (χ2n) is 5.20. The molecule has 1 aliphatic heterocycles. The Morgan fingerprint density at radius 1 is 1.27 bits per heavy atom. The summed E-state index contributed by atoms with van der Waals surface area (Å²) < 4.78 is 16.5. The third-order valence-corrected chi connectivity index (χ3v) is 3.58. The molecule has 0 aliphatic carbocycles. The number of furan rings is 1. The number of benzene rings is 1. The number of amides is 1. The van der Waals surface area contributed by atoms with Crippen LogP contribution in [0, 0.1) is 0 Å². The molecule has 5 heteroatoms. The third-order valence-electron chi connectivity index (χ3n) is 3.58. The van der Waals surface area contributed by atoms with E-state index in [0.29, 0.717) is 30.2 Å². The van der Waals surface area contributed by atoms with Crippen LogP contribution in [0.3, 0.4) is 0 Å². The summed E-state index contributed by atoms with van der Waals surface area (Å²) in [4.78, 5) is 12.3. The van der Waals surface area contributed by atoms with Crippen LogP contribution in [0.5, 0.6) is 5.75 Å². The van der Waals surface area contributed by atoms with Gasteiger partial charge in [0.05, 0.1) is 24.5 Å². The predicted octanol–water partition coefficient (Wildman–Crippen LogP) is 2.77. The van der Waals surface area contributed by atoms with Gasteiger partial charge in [0.25, 0.3) is 5.91 Å². The minimum absolute atomic E-state index is 0.124. The molecule has 1 amide bonds. The molecule has 0 spiro atoms. The summed E-state index contributed by atoms with van der Waals surface area (Å²) >= 11 is 0. The van der Waals surface area contributed by atoms with Gasteiger partial charge >= 0.3 is 0 Å². The second-order valence-corrected chi connectivity index (χ2v) is 5.20. The molecule has 1 atom stereocenters. The van der Waals surface area contributed by atoms with E-state index in [1.54, 1.807) is 24.5 Å². The van der Waals surface area contributed by atoms with Crippen molar-refractivity contribution in [1.29, 1.82) is 0 Å². The molecule has 2 aromatic rings. The lowest BCUT2D eigenvalue weighted by Crippen LogP contribution is -2.24. The van der Waals surface area contributed by atoms with E-state index in [2.05, 4.69) is 5.32 Å². The van der Waals surface area contributed by atoms with Crippen molar-refractivity contribution in [3.8, 4) is 5.75 Å². The maximum atomic E-state index is 12.3. The van der Waals surface area contributed by atoms with Crippen LogP contribution in [0.25, 0.3) is 0 Å². The number of rotatable bonds is 6. The van der Waals surface area contributed by atoms with Gasteiger partial charge in [-0.25, -0.2) is 0 Å². The molecule has 0 bridgehead atoms. The standard InChI is InChI=1S/C17H19NO4/c19-17(18-11-13-5-3-9-20-13)15-7-1-2-8-16(15)22-12-14-6-4-10-21-14/h1-3,5,7-9,14H,4,6,10-12H2,(H,18,19)/t14-/m1/s1. The van der Waals surface area contributed by atoms with Crippen molar-refractivity contribution >= 4 is 5.91 Å². The van der Waals surface area contributed by atoms with Crippen molar-refractivity contribution in [3.63, 3.8) is 0 Å². The highest BCUT2D eigenvalue weighted by molar-refractivity contribution is 5.96. The van der Waals surface area contributed by atoms with E-state index in [4.69, 9.17) is 13.9 Å². The van der Waals surface area contributed by atoms with E-state index < -0.39 is 0 Å². The van der Waals surface area contributed by atoms with Crippen molar-refractivity contribution in [1.82, 2.24) is 5.32 Å². The Morgan fingerprint density at radius 3 is 2.95 bits per heavy atom. The zero-order chi connectivity index (χ0) is 15.2. The van der Waals surface area contributed by atoms with Crippen molar-refractivity contribution < 1.29 is 18.7 Å². The monoisotopic (exact) mass is 301 g/mol. The molecule has 1 aromatic carbocycles. The maximum Gasteiger partial charge on any atom is 0.255 e. The zero-order valence-electron chi connectivity index (χ0n) is 12.3. The van der Waals surface area contributed by atoms with Gasteiger partial charge in [0.15, 0.2) is 0 Å². The lowest BCUT2D eigenvalue weighted by atomic mass is 10.2. The van der Waals surface area contributed by atoms with Crippen LogP contribution in [-0.2, 0) is 11.3 Å². The lowest BCUT2D eigenvalue weighted by molar-refractivity contribution is 0.0670. The zero-order valence-corrected chi connectivity index (χ0v) is 12.3. The maximum absolute atomic E-state index is 12.3. The summed E-state index contributed by atoms with van der Waals surface area (Å²) in [6.45, 7) is 1.62. The minimum Gasteiger partial charge on any atom is -0.490 e. The first kappa shape index (κ1) is 14.7. The largest absolute Gasteiger partial charge is 0.490 e. The summed E-state index contributed by atoms with van der Waals surface area (Å²) in [6.07, 6.45) is 3.78. The first-order chi connectivity index (χ1) is 10.8. The highest BCUT2D eigenvalue weighted by atomic mass is 16.5. The number of para-hydroxylation sites is 1. The molecule has 3 rings (SSSR count). The van der Waals surface area contributed by atoms with Gasteiger partial charge < -0.3 is 19.2 Å². The lowest BCUT2D eigenvalue weighted by Gasteiger charge is -2.14. The van der Waals surface area contributed by atoms with E-state index in [9.17, 15) is 4.79 Å². The van der Waals surface area contributed by atoms with Crippen LogP contribution in [0.1, 0.15) is 29.0 Å². The number of nitrogens with one attached hydrogen (secondary N) is 1. The Hall–Kier alpha value is -2.27. The van der Waals surface area contributed by atoms with E-state index in [0.717, 1.165) is 19.4 Å². The first-order valence-corrected chi connectivity index (χ1v) is 7.47. The molecule has 1 aromatic heterocycles. The fourth-order valence-electron chi connectivity index (χ4n) is 2.41. The average molecular weight is 301 g/mol. The normalized spacial score (nSPS) is 17.4. The summed E-state index contributed by atoms with van der Waals surface area (Å²) in [7, 11) is 0. The number of carbonyl (C=O) groups is 1. The van der Waals surface area contributed by atoms with Gasteiger partial charge in [-0.1, -0.05) is 12.1 Å². The molecule has 0 radical (unpaired) electrons. The second kappa shape index (κ2) is 7.13. The average Bonchev–Trinajstić information content (AvgIpc) is 3.24. The van der Waals surface area contributed by atoms with Gasteiger partial charge in [0, 0.05) is 6.61 Å². The third kappa shape index (κ3) is 3.68. The van der Waals surface area contributed by atoms with Crippen LogP contribution >= 0.6 is 0 Å². The van der Waals surface area contributed by atoms with Crippen LogP contribution < -0.4 is 10.1 Å². The van der Waals surface area contributed by atoms with E-state index in [-0.39, 0.29) is 12.0 Å². The minimum atomic E-state index is -0.181. The van der Waals surface area contributed by atoms with Gasteiger partial charge in [-0.15, -0.1) is 0 Å². The molecule has 1 saturated heterocycles. The Bertz CT molecular complexity index is 603. The Morgan fingerprint density at radius 2 is 2.18 bits per heavy atom. The number of carbonyl (C=O) groups excluding carboxylic acids is 1. The highest BCUT2D eigenvalue weighted by Gasteiger charge is 2.18. The van der Waals surface area contributed by atoms with Crippen molar-refractivity contribution in [2.75, 3.05) is 13.2 Å². The fourth-order valence-corrected chi connectivity index (χ4v) is 2.41. The van der Waals surface area contributed by atoms with Gasteiger partial charge in [0.1, 0.15) is 18.1 Å². The molecule has 1 fully saturated rings. The van der Waals surface area contributed by atoms with Crippen molar-refractivity contribution in [2.45, 2.75) is 25.5 Å². The number of ether oxygens (including phenoxy) is 2. The Labute approximate surface area is 129 Å². The highest BCUT2D eigenvalue weighted by Crippen LogP contribution is 2.20. The molecular formula is C17H19NO4. The summed E-state index contributed by atoms with van der Waals surface area (Å²) in [5.74, 6) is 1.11. The Kier molecular flexibility index (Phi) is 4.75. The molecular weight excluding hydrogens is 282 g/mol. The number of hydrogen-bond acceptors (Lipinski definition) is 4. The molecule has 116 valence electrons. The Balaban J connectivity index is 1.60. The fraction of sp³-hybridized carbons (Fsp3) is 0.353. The van der Waals surface area contributed by atoms with Gasteiger partial charge in [-0.2, -0.15) is 0 Å². The van der Waals surface area contributed by atoms with Crippen LogP contribution in [0.2, 0.25) is 0 Å².